The Labute approximate surface area is 153 Å². The second-order valence-corrected chi connectivity index (χ2v) is 5.83. The first-order valence-electron chi connectivity index (χ1n) is 7.78. The minimum absolute atomic E-state index is 0. The first-order chi connectivity index (χ1) is 11.8. The summed E-state index contributed by atoms with van der Waals surface area (Å²) in [5, 5.41) is 9.74. The Morgan fingerprint density at radius 2 is 2.08 bits per heavy atom. The van der Waals surface area contributed by atoms with Gasteiger partial charge in [0.05, 0.1) is 11.6 Å². The van der Waals surface area contributed by atoms with Crippen molar-refractivity contribution in [3.63, 3.8) is 0 Å². The molecule has 0 aliphatic carbocycles. The van der Waals surface area contributed by atoms with E-state index in [9.17, 15) is 22.4 Å². The molecule has 1 aromatic carbocycles. The van der Waals surface area contributed by atoms with E-state index in [-0.39, 0.29) is 29.8 Å². The summed E-state index contributed by atoms with van der Waals surface area (Å²) in [5.41, 5.74) is -1.49. The lowest BCUT2D eigenvalue weighted by Gasteiger charge is -2.22. The number of hydrogen-bond acceptors (Lipinski definition) is 3. The Kier molecular flexibility index (Phi) is 6.25. The molecule has 1 aromatic heterocycles. The van der Waals surface area contributed by atoms with Crippen LogP contribution in [0, 0.1) is 5.82 Å². The van der Waals surface area contributed by atoms with Crippen LogP contribution in [-0.4, -0.2) is 28.8 Å². The van der Waals surface area contributed by atoms with Gasteiger partial charge in [-0.15, -0.1) is 12.4 Å². The van der Waals surface area contributed by atoms with Crippen LogP contribution >= 0.6 is 12.4 Å². The van der Waals surface area contributed by atoms with E-state index in [4.69, 9.17) is 0 Å². The summed E-state index contributed by atoms with van der Waals surface area (Å²) in [6, 6.07) is 3.95. The number of rotatable bonds is 3. The number of nitrogens with zero attached hydrogens (tertiary/aromatic N) is 2. The van der Waals surface area contributed by atoms with E-state index < -0.39 is 23.5 Å². The van der Waals surface area contributed by atoms with Crippen LogP contribution in [0.25, 0.3) is 0 Å². The SMILES string of the molecule is Cl.O=C(Nc1ccc(F)c(C(F)(F)F)c1)c1ccn(C2CCCNC2)n1. The van der Waals surface area contributed by atoms with E-state index in [2.05, 4.69) is 15.7 Å². The number of aromatic nitrogens is 2. The van der Waals surface area contributed by atoms with Crippen molar-refractivity contribution in [1.29, 1.82) is 0 Å². The third kappa shape index (κ3) is 4.53. The number of carbonyl (C=O) groups is 1. The van der Waals surface area contributed by atoms with Crippen molar-refractivity contribution in [1.82, 2.24) is 15.1 Å². The summed E-state index contributed by atoms with van der Waals surface area (Å²) in [7, 11) is 0. The molecule has 1 amide bonds. The molecule has 2 aromatic rings. The molecule has 0 spiro atoms. The predicted octanol–water partition coefficient (Wildman–Crippen LogP) is 3.64. The van der Waals surface area contributed by atoms with Gasteiger partial charge in [-0.25, -0.2) is 4.39 Å². The van der Waals surface area contributed by atoms with Gasteiger partial charge in [0.15, 0.2) is 5.69 Å². The maximum Gasteiger partial charge on any atom is 0.419 e. The number of alkyl halides is 3. The van der Waals surface area contributed by atoms with Gasteiger partial charge in [0.1, 0.15) is 5.82 Å². The van der Waals surface area contributed by atoms with Crippen LogP contribution in [0.2, 0.25) is 0 Å². The van der Waals surface area contributed by atoms with Crippen LogP contribution in [0.15, 0.2) is 30.5 Å². The largest absolute Gasteiger partial charge is 0.419 e. The topological polar surface area (TPSA) is 59.0 Å². The third-order valence-electron chi connectivity index (χ3n) is 4.02. The molecule has 1 aliphatic heterocycles. The molecule has 26 heavy (non-hydrogen) atoms. The highest BCUT2D eigenvalue weighted by Gasteiger charge is 2.34. The van der Waals surface area contributed by atoms with Crippen LogP contribution < -0.4 is 10.6 Å². The maximum absolute atomic E-state index is 13.3. The Morgan fingerprint density at radius 3 is 2.73 bits per heavy atom. The second kappa shape index (κ2) is 8.05. The molecule has 1 fully saturated rings. The minimum atomic E-state index is -4.83. The fourth-order valence-corrected chi connectivity index (χ4v) is 2.74. The van der Waals surface area contributed by atoms with Crippen LogP contribution in [0.5, 0.6) is 0 Å². The predicted molar refractivity (Wildman–Crippen MR) is 90.0 cm³/mol. The Hall–Kier alpha value is -2.13. The van der Waals surface area contributed by atoms with Crippen molar-refractivity contribution in [2.75, 3.05) is 18.4 Å². The van der Waals surface area contributed by atoms with E-state index >= 15 is 0 Å². The third-order valence-corrected chi connectivity index (χ3v) is 4.02. The standard InChI is InChI=1S/C16H16F4N4O.ClH/c17-13-4-3-10(8-12(13)16(18,19)20)22-15(25)14-5-7-24(23-14)11-2-1-6-21-9-11;/h3-5,7-8,11,21H,1-2,6,9H2,(H,22,25);1H. The number of piperidine rings is 1. The summed E-state index contributed by atoms with van der Waals surface area (Å²) in [6.45, 7) is 1.69. The van der Waals surface area contributed by atoms with Gasteiger partial charge in [0, 0.05) is 18.4 Å². The first-order valence-corrected chi connectivity index (χ1v) is 7.78. The van der Waals surface area contributed by atoms with E-state index in [0.29, 0.717) is 12.1 Å². The molecule has 0 saturated carbocycles. The zero-order valence-electron chi connectivity index (χ0n) is 13.5. The van der Waals surface area contributed by atoms with Crippen molar-refractivity contribution in [3.8, 4) is 0 Å². The average Bonchev–Trinajstić information content (AvgIpc) is 3.06. The fraction of sp³-hybridized carbons (Fsp3) is 0.375. The Balaban J connectivity index is 0.00000243. The monoisotopic (exact) mass is 392 g/mol. The molecule has 10 heteroatoms. The number of benzene rings is 1. The summed E-state index contributed by atoms with van der Waals surface area (Å²) in [5.74, 6) is -2.04. The molecule has 5 nitrogen and oxygen atoms in total. The number of halogens is 5. The van der Waals surface area contributed by atoms with Crippen molar-refractivity contribution in [2.45, 2.75) is 25.1 Å². The molecule has 2 heterocycles. The van der Waals surface area contributed by atoms with E-state index in [1.165, 1.54) is 6.07 Å². The molecule has 1 saturated heterocycles. The summed E-state index contributed by atoms with van der Waals surface area (Å²) in [4.78, 5) is 12.2. The smallest absolute Gasteiger partial charge is 0.321 e. The maximum atomic E-state index is 13.3. The molecule has 142 valence electrons. The van der Waals surface area contributed by atoms with Gasteiger partial charge in [-0.05, 0) is 43.7 Å². The Bertz CT molecular complexity index is 772. The molecule has 0 bridgehead atoms. The van der Waals surface area contributed by atoms with Gasteiger partial charge in [0.2, 0.25) is 0 Å². The van der Waals surface area contributed by atoms with Crippen LogP contribution in [0.1, 0.15) is 34.9 Å². The van der Waals surface area contributed by atoms with Crippen molar-refractivity contribution in [3.05, 3.63) is 47.5 Å². The van der Waals surface area contributed by atoms with Gasteiger partial charge in [-0.3, -0.25) is 9.48 Å². The molecule has 0 radical (unpaired) electrons. The van der Waals surface area contributed by atoms with Gasteiger partial charge < -0.3 is 10.6 Å². The van der Waals surface area contributed by atoms with E-state index in [1.54, 1.807) is 10.9 Å². The molecular weight excluding hydrogens is 376 g/mol. The lowest BCUT2D eigenvalue weighted by Crippen LogP contribution is -2.32. The van der Waals surface area contributed by atoms with Crippen LogP contribution in [0.4, 0.5) is 23.2 Å². The highest BCUT2D eigenvalue weighted by atomic mass is 35.5. The summed E-state index contributed by atoms with van der Waals surface area (Å²) < 4.78 is 53.1. The second-order valence-electron chi connectivity index (χ2n) is 5.83. The van der Waals surface area contributed by atoms with E-state index in [1.807, 2.05) is 0 Å². The lowest BCUT2D eigenvalue weighted by molar-refractivity contribution is -0.139. The molecule has 3 rings (SSSR count). The summed E-state index contributed by atoms with van der Waals surface area (Å²) >= 11 is 0. The minimum Gasteiger partial charge on any atom is -0.321 e. The van der Waals surface area contributed by atoms with Crippen LogP contribution in [0.3, 0.4) is 0 Å². The molecule has 1 unspecified atom stereocenters. The molecule has 1 aliphatic rings. The number of anilines is 1. The molecular formula is C16H17ClF4N4O. The zero-order chi connectivity index (χ0) is 18.0. The zero-order valence-corrected chi connectivity index (χ0v) is 14.3. The summed E-state index contributed by atoms with van der Waals surface area (Å²) in [6.07, 6.45) is -1.23. The quantitative estimate of drug-likeness (QED) is 0.784. The highest BCUT2D eigenvalue weighted by molar-refractivity contribution is 6.02. The van der Waals surface area contributed by atoms with E-state index in [0.717, 1.165) is 32.0 Å². The fourth-order valence-electron chi connectivity index (χ4n) is 2.74. The van der Waals surface area contributed by atoms with Crippen molar-refractivity contribution >= 4 is 24.0 Å². The molecule has 2 N–H and O–H groups in total. The number of nitrogens with one attached hydrogen (secondary N) is 2. The van der Waals surface area contributed by atoms with Gasteiger partial charge in [-0.1, -0.05) is 0 Å². The van der Waals surface area contributed by atoms with Crippen molar-refractivity contribution < 1.29 is 22.4 Å². The number of amides is 1. The van der Waals surface area contributed by atoms with Gasteiger partial charge in [-0.2, -0.15) is 18.3 Å². The van der Waals surface area contributed by atoms with Crippen molar-refractivity contribution in [2.24, 2.45) is 0 Å². The number of carbonyl (C=O) groups excluding carboxylic acids is 1. The average molecular weight is 393 g/mol. The Morgan fingerprint density at radius 1 is 1.31 bits per heavy atom. The normalized spacial score (nSPS) is 17.5. The highest BCUT2D eigenvalue weighted by Crippen LogP contribution is 2.33. The number of hydrogen-bond donors (Lipinski definition) is 2. The lowest BCUT2D eigenvalue weighted by atomic mass is 10.1. The van der Waals surface area contributed by atoms with Gasteiger partial charge >= 0.3 is 6.18 Å². The first kappa shape index (κ1) is 20.2. The molecule has 1 atom stereocenters. The van der Waals surface area contributed by atoms with Gasteiger partial charge in [0.25, 0.3) is 5.91 Å². The van der Waals surface area contributed by atoms with Crippen LogP contribution in [-0.2, 0) is 6.18 Å².